The normalized spacial score (nSPS) is 15.7. The highest BCUT2D eigenvalue weighted by Gasteiger charge is 2.33. The molecule has 1 aliphatic rings. The van der Waals surface area contributed by atoms with Gasteiger partial charge in [0.2, 0.25) is 5.91 Å². The van der Waals surface area contributed by atoms with Crippen LogP contribution in [-0.4, -0.2) is 42.8 Å². The van der Waals surface area contributed by atoms with Crippen molar-refractivity contribution in [3.8, 4) is 0 Å². The van der Waals surface area contributed by atoms with Crippen molar-refractivity contribution in [1.82, 2.24) is 23.8 Å². The lowest BCUT2D eigenvalue weighted by molar-refractivity contribution is -0.137. The van der Waals surface area contributed by atoms with Crippen LogP contribution in [0.3, 0.4) is 0 Å². The molecule has 40 heavy (non-hydrogen) atoms. The molecule has 1 fully saturated rings. The standard InChI is InChI=1S/C30H28F3N5O2/c1-19-6-5-13-37-26(18-34-28(19)37)23(20-7-4-8-21(16-20)30(31,32)33)17-27(39)36-14-11-22(12-15-36)38-25-10-3-2-9-24(25)35-29(38)40/h2-10,13,16,18,22-23H,11-12,14-15,17H2,1H3,(H,35,40). The lowest BCUT2D eigenvalue weighted by Crippen LogP contribution is -2.41. The third kappa shape index (κ3) is 4.67. The van der Waals surface area contributed by atoms with Gasteiger partial charge in [-0.1, -0.05) is 36.4 Å². The average molecular weight is 548 g/mol. The number of amides is 1. The number of imidazole rings is 2. The van der Waals surface area contributed by atoms with Crippen molar-refractivity contribution in [3.63, 3.8) is 0 Å². The SMILES string of the molecule is Cc1cccn2c(C(CC(=O)N3CCC(n4c(=O)[nH]c5ccccc54)CC3)c3cccc(C(F)(F)F)c3)cnc12. The van der Waals surface area contributed by atoms with E-state index < -0.39 is 17.7 Å². The van der Waals surface area contributed by atoms with Crippen LogP contribution in [0, 0.1) is 6.92 Å². The minimum atomic E-state index is -4.50. The summed E-state index contributed by atoms with van der Waals surface area (Å²) < 4.78 is 44.4. The molecular weight excluding hydrogens is 519 g/mol. The van der Waals surface area contributed by atoms with E-state index in [4.69, 9.17) is 0 Å². The van der Waals surface area contributed by atoms with Crippen LogP contribution in [0.1, 0.15) is 53.6 Å². The molecule has 3 aromatic heterocycles. The topological polar surface area (TPSA) is 75.4 Å². The van der Waals surface area contributed by atoms with E-state index >= 15 is 0 Å². The Kier molecular flexibility index (Phi) is 6.48. The summed E-state index contributed by atoms with van der Waals surface area (Å²) in [6, 6.07) is 16.4. The third-order valence-electron chi connectivity index (χ3n) is 7.92. The number of carbonyl (C=O) groups excluding carboxylic acids is 1. The van der Waals surface area contributed by atoms with Crippen LogP contribution in [0.2, 0.25) is 0 Å². The van der Waals surface area contributed by atoms with Gasteiger partial charge in [0, 0.05) is 43.9 Å². The molecule has 1 unspecified atom stereocenters. The Morgan fingerprint density at radius 1 is 1.07 bits per heavy atom. The largest absolute Gasteiger partial charge is 0.416 e. The first-order valence-electron chi connectivity index (χ1n) is 13.3. The van der Waals surface area contributed by atoms with Crippen molar-refractivity contribution in [2.75, 3.05) is 13.1 Å². The minimum absolute atomic E-state index is 0.000740. The zero-order chi connectivity index (χ0) is 28.0. The zero-order valence-corrected chi connectivity index (χ0v) is 21.9. The van der Waals surface area contributed by atoms with E-state index in [0.29, 0.717) is 42.8 Å². The van der Waals surface area contributed by atoms with Crippen LogP contribution >= 0.6 is 0 Å². The van der Waals surface area contributed by atoms with E-state index in [0.717, 1.165) is 28.7 Å². The molecule has 1 atom stereocenters. The number of hydrogen-bond acceptors (Lipinski definition) is 3. The second kappa shape index (κ2) is 10.0. The molecule has 1 aliphatic heterocycles. The third-order valence-corrected chi connectivity index (χ3v) is 7.92. The predicted octanol–water partition coefficient (Wildman–Crippen LogP) is 5.69. The van der Waals surface area contributed by atoms with E-state index in [9.17, 15) is 22.8 Å². The van der Waals surface area contributed by atoms with Crippen LogP contribution < -0.4 is 5.69 Å². The number of para-hydroxylation sites is 2. The van der Waals surface area contributed by atoms with E-state index in [1.807, 2.05) is 53.9 Å². The number of piperidine rings is 1. The monoisotopic (exact) mass is 547 g/mol. The summed E-state index contributed by atoms with van der Waals surface area (Å²) in [6.45, 7) is 2.83. The molecule has 2 aromatic carbocycles. The molecule has 0 radical (unpaired) electrons. The van der Waals surface area contributed by atoms with Gasteiger partial charge in [0.25, 0.3) is 0 Å². The number of benzene rings is 2. The first kappa shape index (κ1) is 25.9. The van der Waals surface area contributed by atoms with Crippen LogP contribution in [0.25, 0.3) is 16.7 Å². The molecule has 0 saturated carbocycles. The summed E-state index contributed by atoms with van der Waals surface area (Å²) in [5, 5.41) is 0. The van der Waals surface area contributed by atoms with E-state index in [2.05, 4.69) is 9.97 Å². The van der Waals surface area contributed by atoms with Gasteiger partial charge in [-0.2, -0.15) is 13.2 Å². The molecule has 7 nitrogen and oxygen atoms in total. The van der Waals surface area contributed by atoms with Crippen molar-refractivity contribution in [1.29, 1.82) is 0 Å². The van der Waals surface area contributed by atoms with E-state index in [1.165, 1.54) is 6.07 Å². The molecule has 0 aliphatic carbocycles. The fraction of sp³-hybridized carbons (Fsp3) is 0.300. The number of rotatable bonds is 5. The molecule has 5 aromatic rings. The molecule has 1 N–H and O–H groups in total. The molecule has 4 heterocycles. The van der Waals surface area contributed by atoms with Crippen molar-refractivity contribution in [3.05, 3.63) is 106 Å². The fourth-order valence-corrected chi connectivity index (χ4v) is 5.87. The highest BCUT2D eigenvalue weighted by molar-refractivity contribution is 5.78. The summed E-state index contributed by atoms with van der Waals surface area (Å²) in [7, 11) is 0. The summed E-state index contributed by atoms with van der Waals surface area (Å²) in [5.41, 5.74) is 3.39. The number of nitrogens with zero attached hydrogens (tertiary/aromatic N) is 4. The number of alkyl halides is 3. The van der Waals surface area contributed by atoms with Crippen LogP contribution in [-0.2, 0) is 11.0 Å². The van der Waals surface area contributed by atoms with Crippen molar-refractivity contribution in [2.24, 2.45) is 0 Å². The van der Waals surface area contributed by atoms with Crippen LogP contribution in [0.5, 0.6) is 0 Å². The fourth-order valence-electron chi connectivity index (χ4n) is 5.87. The van der Waals surface area contributed by atoms with Gasteiger partial charge in [0.05, 0.1) is 22.3 Å². The number of aryl methyl sites for hydroxylation is 1. The second-order valence-corrected chi connectivity index (χ2v) is 10.4. The summed E-state index contributed by atoms with van der Waals surface area (Å²) in [5.74, 6) is -0.768. The van der Waals surface area contributed by atoms with E-state index in [1.54, 1.807) is 21.7 Å². The number of likely N-dealkylation sites (tertiary alicyclic amines) is 1. The van der Waals surface area contributed by atoms with Gasteiger partial charge in [0.1, 0.15) is 5.65 Å². The molecule has 1 amide bonds. The predicted molar refractivity (Wildman–Crippen MR) is 145 cm³/mol. The highest BCUT2D eigenvalue weighted by Crippen LogP contribution is 2.36. The van der Waals surface area contributed by atoms with Crippen LogP contribution in [0.4, 0.5) is 13.2 Å². The maximum Gasteiger partial charge on any atom is 0.416 e. The molecule has 0 bridgehead atoms. The van der Waals surface area contributed by atoms with Crippen molar-refractivity contribution >= 4 is 22.6 Å². The molecule has 10 heteroatoms. The van der Waals surface area contributed by atoms with Gasteiger partial charge in [-0.25, -0.2) is 9.78 Å². The first-order valence-corrected chi connectivity index (χ1v) is 13.3. The van der Waals surface area contributed by atoms with Gasteiger partial charge in [-0.3, -0.25) is 9.36 Å². The van der Waals surface area contributed by atoms with Gasteiger partial charge >= 0.3 is 11.9 Å². The van der Waals surface area contributed by atoms with Crippen LogP contribution in [0.15, 0.2) is 77.9 Å². The maximum absolute atomic E-state index is 13.6. The lowest BCUT2D eigenvalue weighted by atomic mass is 9.90. The highest BCUT2D eigenvalue weighted by atomic mass is 19.4. The van der Waals surface area contributed by atoms with Gasteiger partial charge in [0.15, 0.2) is 0 Å². The Hall–Kier alpha value is -4.34. The minimum Gasteiger partial charge on any atom is -0.343 e. The molecular formula is C30H28F3N5O2. The number of aromatic nitrogens is 4. The first-order chi connectivity index (χ1) is 19.2. The average Bonchev–Trinajstić information content (AvgIpc) is 3.52. The van der Waals surface area contributed by atoms with Gasteiger partial charge in [-0.05, 0) is 55.2 Å². The number of H-pyrrole nitrogens is 1. The Morgan fingerprint density at radius 2 is 1.85 bits per heavy atom. The lowest BCUT2D eigenvalue weighted by Gasteiger charge is -2.33. The number of nitrogens with one attached hydrogen (secondary N) is 1. The number of halogens is 3. The van der Waals surface area contributed by atoms with Gasteiger partial charge in [-0.15, -0.1) is 0 Å². The molecule has 1 saturated heterocycles. The zero-order valence-electron chi connectivity index (χ0n) is 21.9. The number of fused-ring (bicyclic) bond motifs is 2. The Bertz CT molecular complexity index is 1760. The van der Waals surface area contributed by atoms with Gasteiger partial charge < -0.3 is 14.3 Å². The smallest absolute Gasteiger partial charge is 0.343 e. The maximum atomic E-state index is 13.6. The van der Waals surface area contributed by atoms with Crippen molar-refractivity contribution < 1.29 is 18.0 Å². The number of pyridine rings is 1. The van der Waals surface area contributed by atoms with E-state index in [-0.39, 0.29) is 24.1 Å². The molecule has 0 spiro atoms. The number of carbonyl (C=O) groups is 1. The number of aromatic amines is 1. The Labute approximate surface area is 227 Å². The summed E-state index contributed by atoms with van der Waals surface area (Å²) >= 11 is 0. The molecule has 206 valence electrons. The molecule has 6 rings (SSSR count). The Balaban J connectivity index is 1.27. The Morgan fingerprint density at radius 3 is 2.62 bits per heavy atom. The van der Waals surface area contributed by atoms with Crippen molar-refractivity contribution in [2.45, 2.75) is 44.3 Å². The summed E-state index contributed by atoms with van der Waals surface area (Å²) in [6.07, 6.45) is 0.188. The quantitative estimate of drug-likeness (QED) is 0.307. The second-order valence-electron chi connectivity index (χ2n) is 10.4. The summed E-state index contributed by atoms with van der Waals surface area (Å²) in [4.78, 5) is 35.4. The number of hydrogen-bond donors (Lipinski definition) is 1.